The average molecular weight is 643 g/mol. The van der Waals surface area contributed by atoms with Crippen LogP contribution in [0.2, 0.25) is 0 Å². The Labute approximate surface area is 276 Å². The van der Waals surface area contributed by atoms with Crippen LogP contribution >= 0.6 is 0 Å². The Morgan fingerprint density at radius 2 is 1.79 bits per heavy atom. The average Bonchev–Trinajstić information content (AvgIpc) is 3.59. The van der Waals surface area contributed by atoms with Crippen LogP contribution in [-0.2, 0) is 14.4 Å². The Morgan fingerprint density at radius 3 is 2.53 bits per heavy atom. The van der Waals surface area contributed by atoms with Gasteiger partial charge in [-0.2, -0.15) is 0 Å². The van der Waals surface area contributed by atoms with E-state index in [4.69, 9.17) is 19.4 Å². The van der Waals surface area contributed by atoms with Crippen molar-refractivity contribution in [1.82, 2.24) is 20.2 Å². The highest BCUT2D eigenvalue weighted by atomic mass is 16.5. The third kappa shape index (κ3) is 6.39. The SMILES string of the molecule is COc1ccc2c(O[C@@H]3C[C@H]4C(=O)N[C@]5(C(=O)O)C[C@H]5CCCCCCN(C)C(=O)[C@@H]4C3)cc(-c3cccc(C(C)C)n3)nc2c1C. The van der Waals surface area contributed by atoms with Gasteiger partial charge in [-0.1, -0.05) is 39.2 Å². The van der Waals surface area contributed by atoms with Crippen LogP contribution in [0.5, 0.6) is 11.5 Å². The number of hydrogen-bond donors (Lipinski definition) is 2. The molecule has 250 valence electrons. The quantitative estimate of drug-likeness (QED) is 0.340. The molecule has 2 N–H and O–H groups in total. The summed E-state index contributed by atoms with van der Waals surface area (Å²) in [6.07, 6.45) is 5.15. The molecule has 5 atom stereocenters. The van der Waals surface area contributed by atoms with Gasteiger partial charge in [0.1, 0.15) is 23.1 Å². The number of fused-ring (bicyclic) bond motifs is 3. The highest BCUT2D eigenvalue weighted by molar-refractivity contribution is 5.94. The van der Waals surface area contributed by atoms with Crippen molar-refractivity contribution >= 4 is 28.7 Å². The first-order valence-electron chi connectivity index (χ1n) is 16.9. The minimum absolute atomic E-state index is 0.0817. The molecule has 0 unspecified atom stereocenters. The number of carboxylic acid groups (broad SMARTS) is 1. The second-order valence-corrected chi connectivity index (χ2v) is 14.0. The first kappa shape index (κ1) is 32.7. The van der Waals surface area contributed by atoms with E-state index in [2.05, 4.69) is 19.2 Å². The zero-order valence-electron chi connectivity index (χ0n) is 28.0. The number of amides is 2. The Balaban J connectivity index is 1.35. The number of aromatic nitrogens is 2. The molecule has 10 nitrogen and oxygen atoms in total. The molecule has 2 aromatic heterocycles. The van der Waals surface area contributed by atoms with Gasteiger partial charge in [0, 0.05) is 36.3 Å². The van der Waals surface area contributed by atoms with E-state index < -0.39 is 29.4 Å². The number of nitrogens with zero attached hydrogens (tertiary/aromatic N) is 3. The minimum atomic E-state index is -1.25. The first-order valence-corrected chi connectivity index (χ1v) is 16.9. The van der Waals surface area contributed by atoms with Gasteiger partial charge in [-0.3, -0.25) is 14.6 Å². The van der Waals surface area contributed by atoms with Crippen molar-refractivity contribution in [1.29, 1.82) is 0 Å². The number of aliphatic carboxylic acids is 1. The standard InChI is InChI=1S/C37H46N4O6/c1-21(2)28-12-10-13-29(38-28)30-19-32(25-14-15-31(46-5)22(3)33(25)39-30)47-24-17-26-27(18-24)35(43)41(4)16-9-7-6-8-11-23-20-37(23,36(44)45)40-34(26)42/h10,12-15,19,21,23-24,26-27H,6-9,11,16-18,20H2,1-5H3,(H,40,42)(H,44,45)/t23-,24-,26-,27-,37-/m1/s1. The van der Waals surface area contributed by atoms with E-state index in [1.54, 1.807) is 19.1 Å². The number of aryl methyl sites for hydroxylation is 1. The molecule has 47 heavy (non-hydrogen) atoms. The van der Waals surface area contributed by atoms with E-state index in [-0.39, 0.29) is 23.7 Å². The van der Waals surface area contributed by atoms with Crippen LogP contribution in [0, 0.1) is 24.7 Å². The number of ether oxygens (including phenoxy) is 2. The van der Waals surface area contributed by atoms with Gasteiger partial charge >= 0.3 is 5.97 Å². The van der Waals surface area contributed by atoms with Crippen LogP contribution in [0.1, 0.15) is 82.4 Å². The van der Waals surface area contributed by atoms with Crippen LogP contribution < -0.4 is 14.8 Å². The van der Waals surface area contributed by atoms with Crippen LogP contribution in [0.4, 0.5) is 0 Å². The lowest BCUT2D eigenvalue weighted by molar-refractivity contribution is -0.145. The third-order valence-electron chi connectivity index (χ3n) is 10.5. The van der Waals surface area contributed by atoms with Gasteiger partial charge in [0.2, 0.25) is 11.8 Å². The first-order chi connectivity index (χ1) is 22.5. The summed E-state index contributed by atoms with van der Waals surface area (Å²) in [4.78, 5) is 51.7. The number of hydrogen-bond acceptors (Lipinski definition) is 7. The molecule has 10 heteroatoms. The molecule has 1 saturated heterocycles. The maximum atomic E-state index is 13.9. The lowest BCUT2D eigenvalue weighted by atomic mass is 9.92. The molecule has 0 spiro atoms. The molecule has 3 aliphatic rings. The van der Waals surface area contributed by atoms with Gasteiger partial charge in [-0.05, 0) is 75.1 Å². The van der Waals surface area contributed by atoms with E-state index in [0.717, 1.165) is 60.0 Å². The van der Waals surface area contributed by atoms with Crippen LogP contribution in [0.15, 0.2) is 36.4 Å². The summed E-state index contributed by atoms with van der Waals surface area (Å²) in [5, 5.41) is 13.8. The van der Waals surface area contributed by atoms with Crippen molar-refractivity contribution in [2.24, 2.45) is 17.8 Å². The molecule has 1 aliphatic heterocycles. The summed E-state index contributed by atoms with van der Waals surface area (Å²) < 4.78 is 12.4. The van der Waals surface area contributed by atoms with Gasteiger partial charge in [-0.15, -0.1) is 0 Å². The van der Waals surface area contributed by atoms with Crippen LogP contribution in [-0.4, -0.2) is 70.1 Å². The molecule has 1 aromatic carbocycles. The van der Waals surface area contributed by atoms with Crippen molar-refractivity contribution in [2.45, 2.75) is 89.7 Å². The summed E-state index contributed by atoms with van der Waals surface area (Å²) in [7, 11) is 3.42. The fraction of sp³-hybridized carbons (Fsp3) is 0.541. The van der Waals surface area contributed by atoms with E-state index in [9.17, 15) is 19.5 Å². The molecule has 0 bridgehead atoms. The van der Waals surface area contributed by atoms with Crippen molar-refractivity contribution < 1.29 is 29.0 Å². The fourth-order valence-electron chi connectivity index (χ4n) is 7.52. The van der Waals surface area contributed by atoms with Crippen molar-refractivity contribution in [3.63, 3.8) is 0 Å². The molecule has 2 aliphatic carbocycles. The maximum absolute atomic E-state index is 13.9. The molecule has 3 fully saturated rings. The van der Waals surface area contributed by atoms with Gasteiger partial charge in [0.25, 0.3) is 0 Å². The largest absolute Gasteiger partial charge is 0.496 e. The van der Waals surface area contributed by atoms with Gasteiger partial charge < -0.3 is 24.8 Å². The topological polar surface area (TPSA) is 131 Å². The summed E-state index contributed by atoms with van der Waals surface area (Å²) in [5.74, 6) is -1.32. The van der Waals surface area contributed by atoms with E-state index >= 15 is 0 Å². The summed E-state index contributed by atoms with van der Waals surface area (Å²) in [6, 6.07) is 11.6. The zero-order valence-corrected chi connectivity index (χ0v) is 28.0. The van der Waals surface area contributed by atoms with Crippen molar-refractivity contribution in [3.8, 4) is 22.9 Å². The Morgan fingerprint density at radius 1 is 1.02 bits per heavy atom. The number of carbonyl (C=O) groups is 3. The lowest BCUT2D eigenvalue weighted by Gasteiger charge is -2.26. The second-order valence-electron chi connectivity index (χ2n) is 14.0. The molecule has 2 saturated carbocycles. The second kappa shape index (κ2) is 13.1. The van der Waals surface area contributed by atoms with Gasteiger partial charge in [0.15, 0.2) is 0 Å². The summed E-state index contributed by atoms with van der Waals surface area (Å²) in [5.41, 5.74) is 2.67. The normalized spacial score (nSPS) is 26.7. The third-order valence-corrected chi connectivity index (χ3v) is 10.5. The zero-order chi connectivity index (χ0) is 33.5. The number of carboxylic acids is 1. The van der Waals surface area contributed by atoms with E-state index in [1.165, 1.54) is 0 Å². The fourth-order valence-corrected chi connectivity index (χ4v) is 7.52. The minimum Gasteiger partial charge on any atom is -0.496 e. The Hall–Kier alpha value is -4.21. The number of rotatable bonds is 6. The molecule has 2 amide bonds. The molecule has 3 aromatic rings. The van der Waals surface area contributed by atoms with E-state index in [1.807, 2.05) is 43.3 Å². The molecule has 0 radical (unpaired) electrons. The Bertz CT molecular complexity index is 1690. The number of benzene rings is 1. The molecule has 6 rings (SSSR count). The molecular weight excluding hydrogens is 596 g/mol. The Kier molecular flexibility index (Phi) is 9.14. The summed E-state index contributed by atoms with van der Waals surface area (Å²) in [6.45, 7) is 6.78. The number of nitrogens with one attached hydrogen (secondary N) is 1. The highest BCUT2D eigenvalue weighted by Crippen LogP contribution is 2.48. The van der Waals surface area contributed by atoms with Crippen molar-refractivity contribution in [2.75, 3.05) is 20.7 Å². The number of methoxy groups -OCH3 is 1. The maximum Gasteiger partial charge on any atom is 0.329 e. The molecular formula is C37H46N4O6. The van der Waals surface area contributed by atoms with Crippen molar-refractivity contribution in [3.05, 3.63) is 47.7 Å². The monoisotopic (exact) mass is 642 g/mol. The molecule has 3 heterocycles. The van der Waals surface area contributed by atoms with Crippen LogP contribution in [0.3, 0.4) is 0 Å². The lowest BCUT2D eigenvalue weighted by Crippen LogP contribution is -2.49. The van der Waals surface area contributed by atoms with Gasteiger partial charge in [0.05, 0.1) is 35.9 Å². The predicted octanol–water partition coefficient (Wildman–Crippen LogP) is 5.89. The predicted molar refractivity (Wildman–Crippen MR) is 178 cm³/mol. The van der Waals surface area contributed by atoms with Gasteiger partial charge in [-0.25, -0.2) is 9.78 Å². The summed E-state index contributed by atoms with van der Waals surface area (Å²) >= 11 is 0. The van der Waals surface area contributed by atoms with E-state index in [0.29, 0.717) is 43.0 Å². The number of pyridine rings is 2. The number of carbonyl (C=O) groups excluding carboxylic acids is 2. The highest BCUT2D eigenvalue weighted by Gasteiger charge is 2.62. The van der Waals surface area contributed by atoms with Crippen LogP contribution in [0.25, 0.3) is 22.3 Å². The smallest absolute Gasteiger partial charge is 0.329 e.